The van der Waals surface area contributed by atoms with E-state index >= 15 is 0 Å². The first kappa shape index (κ1) is 57.3. The summed E-state index contributed by atoms with van der Waals surface area (Å²) in [5, 5.41) is 0. The van der Waals surface area contributed by atoms with Gasteiger partial charge in [0.25, 0.3) is 0 Å². The Balaban J connectivity index is 4.61. The van der Waals surface area contributed by atoms with Crippen LogP contribution >= 0.6 is 0 Å². The van der Waals surface area contributed by atoms with Crippen molar-refractivity contribution in [2.24, 2.45) is 0 Å². The summed E-state index contributed by atoms with van der Waals surface area (Å²) in [5.41, 5.74) is 0. The third kappa shape index (κ3) is 46.4. The Morgan fingerprint density at radius 2 is 0.694 bits per heavy atom. The topological polar surface area (TPSA) is 78.9 Å². The maximum Gasteiger partial charge on any atom is 0.306 e. The molecule has 0 radical (unpaired) electrons. The summed E-state index contributed by atoms with van der Waals surface area (Å²) >= 11 is 0. The van der Waals surface area contributed by atoms with Gasteiger partial charge in [-0.3, -0.25) is 14.4 Å². The fourth-order valence-electron chi connectivity index (χ4n) is 5.73. The Bertz CT molecular complexity index is 1440. The second kappa shape index (κ2) is 49.0. The quantitative estimate of drug-likeness (QED) is 0.0201. The Morgan fingerprint density at radius 1 is 0.339 bits per heavy atom. The molecule has 62 heavy (non-hydrogen) atoms. The van der Waals surface area contributed by atoms with E-state index in [2.05, 4.69) is 118 Å². The number of carbonyl (C=O) groups is 3. The molecule has 0 heterocycles. The number of hydrogen-bond acceptors (Lipinski definition) is 6. The second-order valence-corrected chi connectivity index (χ2v) is 15.0. The lowest BCUT2D eigenvalue weighted by molar-refractivity contribution is -0.166. The molecule has 1 unspecified atom stereocenters. The zero-order valence-corrected chi connectivity index (χ0v) is 39.1. The average molecular weight is 853 g/mol. The largest absolute Gasteiger partial charge is 0.462 e. The highest BCUT2D eigenvalue weighted by molar-refractivity contribution is 5.71. The number of carbonyl (C=O) groups excluding carboxylic acids is 3. The van der Waals surface area contributed by atoms with Crippen molar-refractivity contribution in [1.82, 2.24) is 0 Å². The van der Waals surface area contributed by atoms with Crippen LogP contribution in [0.2, 0.25) is 0 Å². The summed E-state index contributed by atoms with van der Waals surface area (Å²) in [5.74, 6) is -1.08. The molecule has 0 aromatic heterocycles. The smallest absolute Gasteiger partial charge is 0.306 e. The summed E-state index contributed by atoms with van der Waals surface area (Å²) in [6.07, 6.45) is 69.8. The molecule has 0 saturated carbocycles. The van der Waals surface area contributed by atoms with E-state index < -0.39 is 6.10 Å². The van der Waals surface area contributed by atoms with Crippen LogP contribution < -0.4 is 0 Å². The van der Waals surface area contributed by atoms with Crippen LogP contribution in [0, 0.1) is 0 Å². The molecular formula is C56H84O6. The van der Waals surface area contributed by atoms with Crippen LogP contribution in [0.5, 0.6) is 0 Å². The van der Waals surface area contributed by atoms with Gasteiger partial charge in [0.1, 0.15) is 13.2 Å². The van der Waals surface area contributed by atoms with Gasteiger partial charge in [-0.2, -0.15) is 0 Å². The summed E-state index contributed by atoms with van der Waals surface area (Å²) < 4.78 is 16.6. The number of rotatable bonds is 40. The third-order valence-corrected chi connectivity index (χ3v) is 9.24. The molecule has 0 aliphatic rings. The minimum absolute atomic E-state index is 0.133. The number of unbranched alkanes of at least 4 members (excludes halogenated alkanes) is 10. The summed E-state index contributed by atoms with van der Waals surface area (Å²) in [6, 6.07) is 0. The van der Waals surface area contributed by atoms with Gasteiger partial charge in [-0.1, -0.05) is 205 Å². The maximum atomic E-state index is 12.8. The Morgan fingerprint density at radius 3 is 1.18 bits per heavy atom. The number of allylic oxidation sites excluding steroid dienone is 24. The van der Waals surface area contributed by atoms with E-state index in [0.717, 1.165) is 103 Å². The second-order valence-electron chi connectivity index (χ2n) is 15.0. The van der Waals surface area contributed by atoms with E-state index in [1.165, 1.54) is 19.3 Å². The Kier molecular flexibility index (Phi) is 45.2. The number of hydrogen-bond donors (Lipinski definition) is 0. The predicted octanol–water partition coefficient (Wildman–Crippen LogP) is 15.7. The fraction of sp³-hybridized carbons (Fsp3) is 0.518. The van der Waals surface area contributed by atoms with Crippen LogP contribution in [-0.4, -0.2) is 37.2 Å². The fourth-order valence-corrected chi connectivity index (χ4v) is 5.73. The molecule has 0 amide bonds. The van der Waals surface area contributed by atoms with E-state index in [1.807, 2.05) is 48.6 Å². The maximum absolute atomic E-state index is 12.8. The number of ether oxygens (including phenoxy) is 3. The van der Waals surface area contributed by atoms with E-state index in [9.17, 15) is 14.4 Å². The molecule has 0 aromatic carbocycles. The molecule has 1 atom stereocenters. The van der Waals surface area contributed by atoms with Crippen molar-refractivity contribution >= 4 is 17.9 Å². The molecule has 0 N–H and O–H groups in total. The number of esters is 3. The molecule has 6 heteroatoms. The molecule has 0 spiro atoms. The Labute approximate surface area is 378 Å². The van der Waals surface area contributed by atoms with E-state index in [-0.39, 0.29) is 44.0 Å². The molecule has 0 saturated heterocycles. The van der Waals surface area contributed by atoms with E-state index in [4.69, 9.17) is 14.2 Å². The molecule has 0 fully saturated rings. The molecule has 0 bridgehead atoms. The first-order chi connectivity index (χ1) is 30.5. The first-order valence-corrected chi connectivity index (χ1v) is 23.9. The predicted molar refractivity (Wildman–Crippen MR) is 265 cm³/mol. The van der Waals surface area contributed by atoms with Gasteiger partial charge >= 0.3 is 17.9 Å². The van der Waals surface area contributed by atoms with Crippen LogP contribution in [0.1, 0.15) is 168 Å². The minimum atomic E-state index is -0.836. The van der Waals surface area contributed by atoms with Crippen molar-refractivity contribution in [2.75, 3.05) is 13.2 Å². The van der Waals surface area contributed by atoms with Crippen molar-refractivity contribution in [3.8, 4) is 0 Å². The molecule has 6 nitrogen and oxygen atoms in total. The van der Waals surface area contributed by atoms with Crippen LogP contribution in [0.15, 0.2) is 146 Å². The zero-order chi connectivity index (χ0) is 45.1. The minimum Gasteiger partial charge on any atom is -0.462 e. The molecule has 344 valence electrons. The highest BCUT2D eigenvalue weighted by Crippen LogP contribution is 2.12. The molecule has 0 aromatic rings. The highest BCUT2D eigenvalue weighted by atomic mass is 16.6. The molecule has 0 aliphatic carbocycles. The van der Waals surface area contributed by atoms with Crippen LogP contribution in [0.4, 0.5) is 0 Å². The van der Waals surface area contributed by atoms with Crippen molar-refractivity contribution < 1.29 is 28.6 Å². The van der Waals surface area contributed by atoms with Gasteiger partial charge in [-0.15, -0.1) is 0 Å². The third-order valence-electron chi connectivity index (χ3n) is 9.24. The van der Waals surface area contributed by atoms with Crippen molar-refractivity contribution in [1.29, 1.82) is 0 Å². The van der Waals surface area contributed by atoms with E-state index in [1.54, 1.807) is 0 Å². The van der Waals surface area contributed by atoms with Gasteiger partial charge in [0, 0.05) is 19.3 Å². The van der Waals surface area contributed by atoms with Crippen molar-refractivity contribution in [2.45, 2.75) is 175 Å². The lowest BCUT2D eigenvalue weighted by Gasteiger charge is -2.18. The summed E-state index contributed by atoms with van der Waals surface area (Å²) in [4.78, 5) is 37.9. The first-order valence-electron chi connectivity index (χ1n) is 23.9. The molecule has 0 rings (SSSR count). The van der Waals surface area contributed by atoms with Crippen LogP contribution in [0.25, 0.3) is 0 Å². The van der Waals surface area contributed by atoms with E-state index in [0.29, 0.717) is 12.8 Å². The molecular weight excluding hydrogens is 769 g/mol. The zero-order valence-electron chi connectivity index (χ0n) is 39.1. The van der Waals surface area contributed by atoms with Gasteiger partial charge in [0.15, 0.2) is 6.10 Å². The van der Waals surface area contributed by atoms with Crippen LogP contribution in [0.3, 0.4) is 0 Å². The van der Waals surface area contributed by atoms with Gasteiger partial charge in [0.2, 0.25) is 0 Å². The SMILES string of the molecule is CC/C=C/C=C/C=C/C=C/CCCCCC(=O)OCC(COC(=O)CC/C=C/C/C=C/C/C=C/C/C=C/C/C=C/CC)OC(=O)CCCCCCCCC/C=C/C=C/C=C/CC. The van der Waals surface area contributed by atoms with Crippen LogP contribution in [-0.2, 0) is 28.6 Å². The normalized spacial score (nSPS) is 13.4. The Hall–Kier alpha value is -4.71. The lowest BCUT2D eigenvalue weighted by Crippen LogP contribution is -2.30. The monoisotopic (exact) mass is 853 g/mol. The van der Waals surface area contributed by atoms with Gasteiger partial charge in [-0.05, 0) is 89.9 Å². The summed E-state index contributed by atoms with van der Waals surface area (Å²) in [7, 11) is 0. The molecule has 0 aliphatic heterocycles. The van der Waals surface area contributed by atoms with Gasteiger partial charge in [0.05, 0.1) is 0 Å². The summed E-state index contributed by atoms with van der Waals surface area (Å²) in [6.45, 7) is 6.10. The standard InChI is InChI=1S/C56H84O6/c1-4-7-10-13-16-19-22-25-27-29-31-34-37-40-43-46-49-55(58)61-52-53(51-60-54(57)48-45-42-39-36-33-30-24-21-18-15-12-9-6-3)62-56(59)50-47-44-41-38-35-32-28-26-23-20-17-14-11-8-5-2/h7-12,14-21,23-25,27,30-31,33-34,40,43,53H,4-6,13,22,26,28-29,32,35-39,41-42,44-52H2,1-3H3/b10-7+,11-8+,12-9+,17-14+,18-15+,19-16+,23-20+,24-21+,27-25+,33-30+,34-31+,43-40+. The van der Waals surface area contributed by atoms with Crippen molar-refractivity contribution in [3.05, 3.63) is 146 Å². The van der Waals surface area contributed by atoms with Crippen molar-refractivity contribution in [3.63, 3.8) is 0 Å². The average Bonchev–Trinajstić information content (AvgIpc) is 3.27. The van der Waals surface area contributed by atoms with Gasteiger partial charge < -0.3 is 14.2 Å². The highest BCUT2D eigenvalue weighted by Gasteiger charge is 2.19. The lowest BCUT2D eigenvalue weighted by atomic mass is 10.1. The van der Waals surface area contributed by atoms with Gasteiger partial charge in [-0.25, -0.2) is 0 Å².